The molecule has 1 aromatic carbocycles. The molecule has 5 nitrogen and oxygen atoms in total. The zero-order valence-electron chi connectivity index (χ0n) is 14.3. The number of carbonyl (C=O) groups is 1. The van der Waals surface area contributed by atoms with Crippen LogP contribution in [0.5, 0.6) is 5.88 Å². The molecule has 1 fully saturated rings. The molecule has 0 bridgehead atoms. The Kier molecular flexibility index (Phi) is 4.22. The topological polar surface area (TPSA) is 64.1 Å². The fraction of sp³-hybridized carbons (Fsp3) is 0.350. The van der Waals surface area contributed by atoms with Gasteiger partial charge in [0, 0.05) is 35.8 Å². The van der Waals surface area contributed by atoms with Gasteiger partial charge in [-0.1, -0.05) is 13.3 Å². The summed E-state index contributed by atoms with van der Waals surface area (Å²) in [5.74, 6) is 0.724. The molecule has 1 saturated heterocycles. The molecule has 0 aliphatic carbocycles. The molecule has 1 amide bonds. The van der Waals surface area contributed by atoms with Crippen molar-refractivity contribution in [3.8, 4) is 5.88 Å². The lowest BCUT2D eigenvalue weighted by Gasteiger charge is -2.13. The third-order valence-corrected chi connectivity index (χ3v) is 4.71. The number of carbonyl (C=O) groups excluding carboxylic acids is 1. The van der Waals surface area contributed by atoms with Gasteiger partial charge >= 0.3 is 0 Å². The number of aromatic nitrogens is 2. The number of aryl methyl sites for hydroxylation is 1. The van der Waals surface area contributed by atoms with E-state index < -0.39 is 0 Å². The fourth-order valence-electron chi connectivity index (χ4n) is 3.44. The van der Waals surface area contributed by atoms with E-state index in [9.17, 15) is 4.79 Å². The van der Waals surface area contributed by atoms with Gasteiger partial charge < -0.3 is 10.1 Å². The summed E-state index contributed by atoms with van der Waals surface area (Å²) in [5.41, 5.74) is 1.25. The third kappa shape index (κ3) is 3.14. The summed E-state index contributed by atoms with van der Waals surface area (Å²) in [7, 11) is 0. The Morgan fingerprint density at radius 1 is 1.24 bits per heavy atom. The van der Waals surface area contributed by atoms with E-state index in [-0.39, 0.29) is 11.9 Å². The quantitative estimate of drug-likeness (QED) is 0.726. The minimum absolute atomic E-state index is 0.0739. The van der Waals surface area contributed by atoms with Gasteiger partial charge in [0.15, 0.2) is 0 Å². The van der Waals surface area contributed by atoms with Gasteiger partial charge in [0.25, 0.3) is 0 Å². The van der Waals surface area contributed by atoms with Crippen molar-refractivity contribution in [1.29, 1.82) is 0 Å². The molecule has 3 aromatic rings. The summed E-state index contributed by atoms with van der Waals surface area (Å²) in [6, 6.07) is 6.37. The van der Waals surface area contributed by atoms with E-state index in [0.29, 0.717) is 18.9 Å². The zero-order chi connectivity index (χ0) is 17.2. The smallest absolute Gasteiger partial charge is 0.221 e. The first-order valence-corrected chi connectivity index (χ1v) is 8.82. The SMILES string of the molecule is CCCc1cncc2cc3ccnc(OC[C@@H]4CCC(=O)N4)c3cc12. The van der Waals surface area contributed by atoms with E-state index in [0.717, 1.165) is 35.4 Å². The normalized spacial score (nSPS) is 17.2. The van der Waals surface area contributed by atoms with Crippen LogP contribution in [0.1, 0.15) is 31.7 Å². The highest BCUT2D eigenvalue weighted by Crippen LogP contribution is 2.30. The summed E-state index contributed by atoms with van der Waals surface area (Å²) in [4.78, 5) is 20.1. The Morgan fingerprint density at radius 2 is 2.16 bits per heavy atom. The Labute approximate surface area is 146 Å². The van der Waals surface area contributed by atoms with Crippen LogP contribution in [0.2, 0.25) is 0 Å². The van der Waals surface area contributed by atoms with E-state index in [1.165, 1.54) is 10.9 Å². The predicted molar refractivity (Wildman–Crippen MR) is 97.7 cm³/mol. The molecule has 0 saturated carbocycles. The average molecular weight is 335 g/mol. The van der Waals surface area contributed by atoms with Gasteiger partial charge in [-0.25, -0.2) is 4.98 Å². The van der Waals surface area contributed by atoms with Crippen molar-refractivity contribution in [1.82, 2.24) is 15.3 Å². The predicted octanol–water partition coefficient (Wildman–Crippen LogP) is 3.39. The molecule has 5 heteroatoms. The minimum Gasteiger partial charge on any atom is -0.475 e. The number of pyridine rings is 2. The largest absolute Gasteiger partial charge is 0.475 e. The maximum Gasteiger partial charge on any atom is 0.221 e. The molecule has 0 unspecified atom stereocenters. The number of rotatable bonds is 5. The average Bonchev–Trinajstić information content (AvgIpc) is 3.04. The minimum atomic E-state index is 0.0739. The van der Waals surface area contributed by atoms with Gasteiger partial charge in [-0.2, -0.15) is 0 Å². The first-order chi connectivity index (χ1) is 12.2. The highest BCUT2D eigenvalue weighted by atomic mass is 16.5. The lowest BCUT2D eigenvalue weighted by atomic mass is 10.0. The Balaban J connectivity index is 1.71. The molecule has 4 rings (SSSR count). The molecule has 1 N–H and O–H groups in total. The van der Waals surface area contributed by atoms with E-state index in [1.807, 2.05) is 18.5 Å². The molecular weight excluding hydrogens is 314 g/mol. The number of nitrogens with one attached hydrogen (secondary N) is 1. The van der Waals surface area contributed by atoms with Gasteiger partial charge in [0.2, 0.25) is 11.8 Å². The summed E-state index contributed by atoms with van der Waals surface area (Å²) < 4.78 is 5.96. The lowest BCUT2D eigenvalue weighted by Crippen LogP contribution is -2.31. The van der Waals surface area contributed by atoms with Gasteiger partial charge in [-0.15, -0.1) is 0 Å². The molecule has 0 spiro atoms. The summed E-state index contributed by atoms with van der Waals surface area (Å²) >= 11 is 0. The number of ether oxygens (including phenoxy) is 1. The Bertz CT molecular complexity index is 939. The zero-order valence-corrected chi connectivity index (χ0v) is 14.3. The standard InChI is InChI=1S/C20H21N3O2/c1-2-3-14-10-21-11-15-8-13-6-7-22-20(18(13)9-17(14)15)25-12-16-4-5-19(24)23-16/h6-11,16H,2-5,12H2,1H3,(H,23,24)/t16-/m0/s1. The van der Waals surface area contributed by atoms with Crippen LogP contribution in [0.3, 0.4) is 0 Å². The monoisotopic (exact) mass is 335 g/mol. The van der Waals surface area contributed by atoms with Crippen LogP contribution < -0.4 is 10.1 Å². The maximum absolute atomic E-state index is 11.3. The molecule has 128 valence electrons. The first-order valence-electron chi connectivity index (χ1n) is 8.82. The van der Waals surface area contributed by atoms with E-state index in [4.69, 9.17) is 4.74 Å². The van der Waals surface area contributed by atoms with Crippen LogP contribution >= 0.6 is 0 Å². The van der Waals surface area contributed by atoms with Crippen LogP contribution in [0.4, 0.5) is 0 Å². The molecule has 3 heterocycles. The second-order valence-corrected chi connectivity index (χ2v) is 6.57. The van der Waals surface area contributed by atoms with Gasteiger partial charge in [0.05, 0.1) is 6.04 Å². The van der Waals surface area contributed by atoms with Crippen molar-refractivity contribution in [2.45, 2.75) is 38.6 Å². The molecular formula is C20H21N3O2. The molecule has 1 aliphatic heterocycles. The highest BCUT2D eigenvalue weighted by Gasteiger charge is 2.21. The summed E-state index contributed by atoms with van der Waals surface area (Å²) in [6.45, 7) is 2.62. The van der Waals surface area contributed by atoms with Crippen LogP contribution in [0.25, 0.3) is 21.5 Å². The van der Waals surface area contributed by atoms with E-state index >= 15 is 0 Å². The van der Waals surface area contributed by atoms with Crippen molar-refractivity contribution in [2.75, 3.05) is 6.61 Å². The van der Waals surface area contributed by atoms with Crippen molar-refractivity contribution in [2.24, 2.45) is 0 Å². The Hall–Kier alpha value is -2.69. The maximum atomic E-state index is 11.3. The van der Waals surface area contributed by atoms with Crippen LogP contribution in [0.15, 0.2) is 36.8 Å². The second kappa shape index (κ2) is 6.67. The number of nitrogens with zero attached hydrogens (tertiary/aromatic N) is 2. The molecule has 1 aliphatic rings. The third-order valence-electron chi connectivity index (χ3n) is 4.71. The van der Waals surface area contributed by atoms with Gasteiger partial charge in [0.1, 0.15) is 6.61 Å². The van der Waals surface area contributed by atoms with E-state index in [1.54, 1.807) is 6.20 Å². The highest BCUT2D eigenvalue weighted by molar-refractivity contribution is 6.01. The summed E-state index contributed by atoms with van der Waals surface area (Å²) in [5, 5.41) is 7.36. The fourth-order valence-corrected chi connectivity index (χ4v) is 3.44. The Morgan fingerprint density at radius 3 is 2.96 bits per heavy atom. The number of hydrogen-bond acceptors (Lipinski definition) is 4. The second-order valence-electron chi connectivity index (χ2n) is 6.57. The van der Waals surface area contributed by atoms with Crippen molar-refractivity contribution < 1.29 is 9.53 Å². The molecule has 1 atom stereocenters. The number of hydrogen-bond donors (Lipinski definition) is 1. The van der Waals surface area contributed by atoms with Crippen LogP contribution in [0, 0.1) is 0 Å². The first kappa shape index (κ1) is 15.8. The van der Waals surface area contributed by atoms with Gasteiger partial charge in [-0.3, -0.25) is 9.78 Å². The number of amides is 1. The van der Waals surface area contributed by atoms with Gasteiger partial charge in [-0.05, 0) is 47.4 Å². The van der Waals surface area contributed by atoms with E-state index in [2.05, 4.69) is 34.3 Å². The summed E-state index contributed by atoms with van der Waals surface area (Å²) in [6.07, 6.45) is 9.09. The van der Waals surface area contributed by atoms with Crippen LogP contribution in [-0.2, 0) is 11.2 Å². The number of benzene rings is 1. The number of fused-ring (bicyclic) bond motifs is 2. The molecule has 2 aromatic heterocycles. The van der Waals surface area contributed by atoms with Crippen molar-refractivity contribution in [3.05, 3.63) is 42.4 Å². The lowest BCUT2D eigenvalue weighted by molar-refractivity contribution is -0.119. The van der Waals surface area contributed by atoms with Crippen molar-refractivity contribution >= 4 is 27.5 Å². The van der Waals surface area contributed by atoms with Crippen LogP contribution in [-0.4, -0.2) is 28.5 Å². The van der Waals surface area contributed by atoms with Crippen molar-refractivity contribution in [3.63, 3.8) is 0 Å². The molecule has 25 heavy (non-hydrogen) atoms. The molecule has 0 radical (unpaired) electrons.